The van der Waals surface area contributed by atoms with Gasteiger partial charge in [0.15, 0.2) is 6.54 Å². The van der Waals surface area contributed by atoms with Crippen LogP contribution in [-0.4, -0.2) is 37.1 Å². The predicted molar refractivity (Wildman–Crippen MR) is 81.4 cm³/mol. The molecule has 1 amide bonds. The van der Waals surface area contributed by atoms with Crippen molar-refractivity contribution in [2.75, 3.05) is 32.0 Å². The van der Waals surface area contributed by atoms with E-state index in [0.717, 1.165) is 34.4 Å². The van der Waals surface area contributed by atoms with Crippen molar-refractivity contribution in [1.29, 1.82) is 0 Å². The van der Waals surface area contributed by atoms with Crippen molar-refractivity contribution >= 4 is 11.6 Å². The van der Waals surface area contributed by atoms with Crippen molar-refractivity contribution in [3.8, 4) is 0 Å². The first-order valence-corrected chi connectivity index (χ1v) is 7.02. The van der Waals surface area contributed by atoms with Gasteiger partial charge in [0.05, 0.1) is 20.1 Å². The highest BCUT2D eigenvalue weighted by atomic mass is 16.2. The number of hydrogen-bond donors (Lipinski definition) is 1. The average Bonchev–Trinajstić information content (AvgIpc) is 2.33. The van der Waals surface area contributed by atoms with Gasteiger partial charge in [-0.1, -0.05) is 17.7 Å². The van der Waals surface area contributed by atoms with Crippen LogP contribution in [0.1, 0.15) is 30.5 Å². The van der Waals surface area contributed by atoms with Crippen LogP contribution in [0.2, 0.25) is 0 Å². The molecule has 0 saturated carbocycles. The Kier molecular flexibility index (Phi) is 5.12. The van der Waals surface area contributed by atoms with Crippen molar-refractivity contribution < 1.29 is 9.28 Å². The normalized spacial score (nSPS) is 11.5. The molecule has 19 heavy (non-hydrogen) atoms. The predicted octanol–water partition coefficient (Wildman–Crippen LogP) is 3.04. The van der Waals surface area contributed by atoms with E-state index in [9.17, 15) is 4.79 Å². The third-order valence-electron chi connectivity index (χ3n) is 3.99. The number of likely N-dealkylation sites (N-methyl/N-ethyl adjacent to an activating group) is 1. The van der Waals surface area contributed by atoms with Crippen LogP contribution < -0.4 is 5.32 Å². The molecule has 0 aliphatic carbocycles. The summed E-state index contributed by atoms with van der Waals surface area (Å²) in [6.07, 6.45) is 0. The van der Waals surface area contributed by atoms with Crippen LogP contribution in [0.25, 0.3) is 0 Å². The second-order valence-corrected chi connectivity index (χ2v) is 5.73. The van der Waals surface area contributed by atoms with E-state index in [4.69, 9.17) is 0 Å². The fraction of sp³-hybridized carbons (Fsp3) is 0.562. The maximum atomic E-state index is 12.2. The van der Waals surface area contributed by atoms with E-state index in [1.54, 1.807) is 0 Å². The Morgan fingerprint density at radius 3 is 2.00 bits per heavy atom. The second kappa shape index (κ2) is 6.20. The number of nitrogens with one attached hydrogen (secondary N) is 1. The van der Waals surface area contributed by atoms with Gasteiger partial charge < -0.3 is 9.80 Å². The van der Waals surface area contributed by atoms with Crippen molar-refractivity contribution in [2.45, 2.75) is 34.6 Å². The zero-order valence-corrected chi connectivity index (χ0v) is 13.1. The molecule has 3 heteroatoms. The minimum Gasteiger partial charge on any atom is -0.321 e. The van der Waals surface area contributed by atoms with Crippen LogP contribution >= 0.6 is 0 Å². The maximum absolute atomic E-state index is 12.2. The number of amides is 1. The highest BCUT2D eigenvalue weighted by molar-refractivity contribution is 5.93. The lowest BCUT2D eigenvalue weighted by atomic mass is 10.1. The zero-order chi connectivity index (χ0) is 14.6. The topological polar surface area (TPSA) is 29.1 Å². The number of benzene rings is 1. The van der Waals surface area contributed by atoms with Gasteiger partial charge in [0.1, 0.15) is 0 Å². The molecule has 1 aromatic rings. The quantitative estimate of drug-likeness (QED) is 0.813. The first kappa shape index (κ1) is 15.7. The highest BCUT2D eigenvalue weighted by Crippen LogP contribution is 2.22. The Morgan fingerprint density at radius 2 is 1.58 bits per heavy atom. The molecule has 0 atom stereocenters. The van der Waals surface area contributed by atoms with E-state index in [0.29, 0.717) is 6.54 Å². The van der Waals surface area contributed by atoms with Gasteiger partial charge in [-0.15, -0.1) is 0 Å². The fourth-order valence-corrected chi connectivity index (χ4v) is 2.35. The lowest BCUT2D eigenvalue weighted by Gasteiger charge is -2.31. The first-order chi connectivity index (χ1) is 8.81. The van der Waals surface area contributed by atoms with Gasteiger partial charge in [0.25, 0.3) is 5.91 Å². The summed E-state index contributed by atoms with van der Waals surface area (Å²) in [4.78, 5) is 12.2. The summed E-state index contributed by atoms with van der Waals surface area (Å²) in [5, 5.41) is 3.08. The third kappa shape index (κ3) is 4.06. The Hall–Kier alpha value is -1.35. The van der Waals surface area contributed by atoms with Crippen molar-refractivity contribution in [1.82, 2.24) is 0 Å². The molecule has 0 aliphatic heterocycles. The molecule has 0 fully saturated rings. The summed E-state index contributed by atoms with van der Waals surface area (Å²) in [5.41, 5.74) is 4.46. The summed E-state index contributed by atoms with van der Waals surface area (Å²) >= 11 is 0. The van der Waals surface area contributed by atoms with Crippen molar-refractivity contribution in [2.24, 2.45) is 0 Å². The molecule has 0 radical (unpaired) electrons. The largest absolute Gasteiger partial charge is 0.321 e. The van der Waals surface area contributed by atoms with Crippen LogP contribution in [0.5, 0.6) is 0 Å². The molecule has 0 unspecified atom stereocenters. The lowest BCUT2D eigenvalue weighted by Crippen LogP contribution is -2.48. The second-order valence-electron chi connectivity index (χ2n) is 5.73. The van der Waals surface area contributed by atoms with Gasteiger partial charge in [0, 0.05) is 5.69 Å². The number of rotatable bonds is 5. The van der Waals surface area contributed by atoms with Crippen LogP contribution in [0, 0.1) is 20.8 Å². The number of nitrogens with zero attached hydrogens (tertiary/aromatic N) is 1. The van der Waals surface area contributed by atoms with E-state index in [1.165, 1.54) is 5.56 Å². The molecule has 0 aromatic heterocycles. The van der Waals surface area contributed by atoms with E-state index in [2.05, 4.69) is 45.3 Å². The van der Waals surface area contributed by atoms with Crippen molar-refractivity contribution in [3.63, 3.8) is 0 Å². The Labute approximate surface area is 117 Å². The number of aryl methyl sites for hydroxylation is 3. The molecule has 1 aromatic carbocycles. The number of quaternary nitrogens is 1. The van der Waals surface area contributed by atoms with E-state index < -0.39 is 0 Å². The first-order valence-electron chi connectivity index (χ1n) is 7.02. The Morgan fingerprint density at radius 1 is 1.11 bits per heavy atom. The molecular weight excluding hydrogens is 236 g/mol. The summed E-state index contributed by atoms with van der Waals surface area (Å²) in [7, 11) is 2.12. The molecule has 0 heterocycles. The number of carbonyl (C=O) groups excluding carboxylic acids is 1. The molecule has 1 rings (SSSR count). The maximum Gasteiger partial charge on any atom is 0.279 e. The van der Waals surface area contributed by atoms with Gasteiger partial charge in [-0.05, 0) is 45.7 Å². The molecule has 0 bridgehead atoms. The van der Waals surface area contributed by atoms with Gasteiger partial charge in [-0.3, -0.25) is 4.79 Å². The molecule has 106 valence electrons. The summed E-state index contributed by atoms with van der Waals surface area (Å²) in [6, 6.07) is 4.21. The third-order valence-corrected chi connectivity index (χ3v) is 3.99. The van der Waals surface area contributed by atoms with E-state index in [-0.39, 0.29) is 5.91 Å². The van der Waals surface area contributed by atoms with Gasteiger partial charge >= 0.3 is 0 Å². The van der Waals surface area contributed by atoms with Gasteiger partial charge in [-0.2, -0.15) is 0 Å². The summed E-state index contributed by atoms with van der Waals surface area (Å²) in [6.45, 7) is 12.9. The van der Waals surface area contributed by atoms with E-state index >= 15 is 0 Å². The monoisotopic (exact) mass is 263 g/mol. The SMILES string of the molecule is CC[N+](C)(CC)CC(=O)Nc1c(C)cc(C)cc1C. The molecule has 0 aliphatic rings. The average molecular weight is 263 g/mol. The number of carbonyl (C=O) groups is 1. The minimum absolute atomic E-state index is 0.0984. The standard InChI is InChI=1S/C16H26N2O/c1-7-18(6,8-2)11-15(19)17-16-13(4)9-12(3)10-14(16)5/h9-10H,7-8,11H2,1-6H3/p+1. The summed E-state index contributed by atoms with van der Waals surface area (Å²) in [5.74, 6) is 0.0984. The van der Waals surface area contributed by atoms with Crippen molar-refractivity contribution in [3.05, 3.63) is 28.8 Å². The lowest BCUT2D eigenvalue weighted by molar-refractivity contribution is -0.898. The van der Waals surface area contributed by atoms with Crippen LogP contribution in [-0.2, 0) is 4.79 Å². The molecule has 3 nitrogen and oxygen atoms in total. The van der Waals surface area contributed by atoms with Crippen LogP contribution in [0.15, 0.2) is 12.1 Å². The van der Waals surface area contributed by atoms with E-state index in [1.807, 2.05) is 13.8 Å². The van der Waals surface area contributed by atoms with Crippen LogP contribution in [0.4, 0.5) is 5.69 Å². The van der Waals surface area contributed by atoms with Gasteiger partial charge in [-0.25, -0.2) is 0 Å². The van der Waals surface area contributed by atoms with Crippen LogP contribution in [0.3, 0.4) is 0 Å². The number of anilines is 1. The molecular formula is C16H27N2O+. The van der Waals surface area contributed by atoms with Gasteiger partial charge in [0.2, 0.25) is 0 Å². The molecule has 0 saturated heterocycles. The minimum atomic E-state index is 0.0984. The zero-order valence-electron chi connectivity index (χ0n) is 13.1. The summed E-state index contributed by atoms with van der Waals surface area (Å²) < 4.78 is 0.774. The smallest absolute Gasteiger partial charge is 0.279 e. The molecule has 1 N–H and O–H groups in total. The molecule has 0 spiro atoms. The Balaban J connectivity index is 2.84. The Bertz CT molecular complexity index is 439. The fourth-order valence-electron chi connectivity index (χ4n) is 2.35. The highest BCUT2D eigenvalue weighted by Gasteiger charge is 2.21. The number of hydrogen-bond acceptors (Lipinski definition) is 1.